The molecule has 0 saturated heterocycles. The minimum absolute atomic E-state index is 0.137. The lowest BCUT2D eigenvalue weighted by Crippen LogP contribution is -2.07. The summed E-state index contributed by atoms with van der Waals surface area (Å²) in [7, 11) is 0. The highest BCUT2D eigenvalue weighted by atomic mass is 32.2. The molecule has 0 unspecified atom stereocenters. The van der Waals surface area contributed by atoms with Crippen molar-refractivity contribution in [2.75, 3.05) is 5.32 Å². The topological polar surface area (TPSA) is 98.7 Å². The van der Waals surface area contributed by atoms with Gasteiger partial charge in [0.05, 0.1) is 17.6 Å². The Labute approximate surface area is 165 Å². The van der Waals surface area contributed by atoms with Gasteiger partial charge >= 0.3 is 0 Å². The molecule has 0 aliphatic heterocycles. The zero-order valence-corrected chi connectivity index (χ0v) is 15.8. The van der Waals surface area contributed by atoms with E-state index in [0.29, 0.717) is 22.5 Å². The molecular weight excluding hydrogens is 376 g/mol. The zero-order valence-electron chi connectivity index (χ0n) is 14.9. The quantitative estimate of drug-likeness (QED) is 0.501. The van der Waals surface area contributed by atoms with Crippen LogP contribution >= 0.6 is 11.8 Å². The van der Waals surface area contributed by atoms with Crippen LogP contribution in [0, 0.1) is 0 Å². The molecule has 8 nitrogen and oxygen atoms in total. The van der Waals surface area contributed by atoms with Crippen molar-refractivity contribution in [1.29, 1.82) is 0 Å². The van der Waals surface area contributed by atoms with Crippen molar-refractivity contribution in [3.63, 3.8) is 0 Å². The number of nitrogens with zero attached hydrogens (tertiary/aromatic N) is 5. The first kappa shape index (κ1) is 17.9. The van der Waals surface area contributed by atoms with Crippen molar-refractivity contribution < 1.29 is 9.21 Å². The first-order valence-corrected chi connectivity index (χ1v) is 9.47. The number of oxazole rings is 1. The summed E-state index contributed by atoms with van der Waals surface area (Å²) in [5.41, 5.74) is 2.40. The average molecular weight is 392 g/mol. The Morgan fingerprint density at radius 2 is 2.04 bits per heavy atom. The SMILES string of the molecule is CC(=O)Nc1cccc(-n2nnnc2SCc2ncc(-c3ccccc3)o2)c1. The third kappa shape index (κ3) is 4.09. The summed E-state index contributed by atoms with van der Waals surface area (Å²) in [5, 5.41) is 15.2. The normalized spacial score (nSPS) is 10.8. The number of tetrazole rings is 1. The van der Waals surface area contributed by atoms with E-state index in [0.717, 1.165) is 17.0 Å². The van der Waals surface area contributed by atoms with E-state index in [1.165, 1.54) is 18.7 Å². The second-order valence-corrected chi connectivity index (χ2v) is 6.82. The Morgan fingerprint density at radius 3 is 2.86 bits per heavy atom. The first-order valence-electron chi connectivity index (χ1n) is 8.48. The molecule has 4 aromatic rings. The van der Waals surface area contributed by atoms with Crippen LogP contribution in [-0.2, 0) is 10.5 Å². The first-order chi connectivity index (χ1) is 13.7. The monoisotopic (exact) mass is 392 g/mol. The molecule has 0 saturated carbocycles. The fraction of sp³-hybridized carbons (Fsp3) is 0.105. The lowest BCUT2D eigenvalue weighted by Gasteiger charge is -2.06. The van der Waals surface area contributed by atoms with Gasteiger partial charge in [0.15, 0.2) is 5.76 Å². The van der Waals surface area contributed by atoms with Gasteiger partial charge in [-0.1, -0.05) is 48.2 Å². The predicted octanol–water partition coefficient (Wildman–Crippen LogP) is 3.57. The van der Waals surface area contributed by atoms with Gasteiger partial charge in [0, 0.05) is 18.2 Å². The van der Waals surface area contributed by atoms with Crippen LogP contribution in [0.25, 0.3) is 17.0 Å². The summed E-state index contributed by atoms with van der Waals surface area (Å²) in [6, 6.07) is 17.1. The van der Waals surface area contributed by atoms with E-state index in [1.54, 1.807) is 23.0 Å². The highest BCUT2D eigenvalue weighted by Gasteiger charge is 2.13. The Hall–Kier alpha value is -3.46. The van der Waals surface area contributed by atoms with Crippen molar-refractivity contribution in [3.8, 4) is 17.0 Å². The van der Waals surface area contributed by atoms with Gasteiger partial charge in [0.2, 0.25) is 17.0 Å². The van der Waals surface area contributed by atoms with Crippen LogP contribution in [0.1, 0.15) is 12.8 Å². The van der Waals surface area contributed by atoms with Crippen LogP contribution < -0.4 is 5.32 Å². The van der Waals surface area contributed by atoms with E-state index in [-0.39, 0.29) is 5.91 Å². The van der Waals surface area contributed by atoms with Gasteiger partial charge in [-0.05, 0) is 28.6 Å². The van der Waals surface area contributed by atoms with E-state index in [1.807, 2.05) is 42.5 Å². The van der Waals surface area contributed by atoms with Crippen LogP contribution in [-0.4, -0.2) is 31.1 Å². The number of hydrogen-bond donors (Lipinski definition) is 1. The second-order valence-electron chi connectivity index (χ2n) is 5.88. The van der Waals surface area contributed by atoms with Crippen LogP contribution in [0.4, 0.5) is 5.69 Å². The van der Waals surface area contributed by atoms with Crippen molar-refractivity contribution in [2.45, 2.75) is 17.8 Å². The van der Waals surface area contributed by atoms with E-state index < -0.39 is 0 Å². The molecule has 28 heavy (non-hydrogen) atoms. The van der Waals surface area contributed by atoms with Gasteiger partial charge in [0.25, 0.3) is 0 Å². The van der Waals surface area contributed by atoms with Crippen LogP contribution in [0.15, 0.2) is 70.4 Å². The Kier molecular flexibility index (Phi) is 5.16. The van der Waals surface area contributed by atoms with Gasteiger partial charge in [-0.2, -0.15) is 4.68 Å². The summed E-state index contributed by atoms with van der Waals surface area (Å²) < 4.78 is 7.43. The molecule has 0 aliphatic rings. The smallest absolute Gasteiger partial charge is 0.221 e. The Bertz CT molecular complexity index is 1090. The summed E-state index contributed by atoms with van der Waals surface area (Å²) >= 11 is 1.41. The fourth-order valence-electron chi connectivity index (χ4n) is 2.59. The zero-order chi connectivity index (χ0) is 19.3. The predicted molar refractivity (Wildman–Crippen MR) is 105 cm³/mol. The number of amides is 1. The maximum absolute atomic E-state index is 11.3. The van der Waals surface area contributed by atoms with Crippen molar-refractivity contribution in [2.24, 2.45) is 0 Å². The number of aromatic nitrogens is 5. The van der Waals surface area contributed by atoms with Gasteiger partial charge in [0.1, 0.15) is 0 Å². The van der Waals surface area contributed by atoms with Crippen molar-refractivity contribution >= 4 is 23.4 Å². The highest BCUT2D eigenvalue weighted by molar-refractivity contribution is 7.98. The third-order valence-electron chi connectivity index (χ3n) is 3.79. The van der Waals surface area contributed by atoms with Crippen LogP contribution in [0.2, 0.25) is 0 Å². The molecule has 0 radical (unpaired) electrons. The summed E-state index contributed by atoms with van der Waals surface area (Å²) in [4.78, 5) is 15.6. The highest BCUT2D eigenvalue weighted by Crippen LogP contribution is 2.26. The number of carbonyl (C=O) groups excluding carboxylic acids is 1. The molecule has 2 heterocycles. The third-order valence-corrected chi connectivity index (χ3v) is 4.69. The molecule has 0 atom stereocenters. The van der Waals surface area contributed by atoms with E-state index in [9.17, 15) is 4.79 Å². The molecule has 1 amide bonds. The molecule has 2 aromatic heterocycles. The number of carbonyl (C=O) groups is 1. The Balaban J connectivity index is 1.48. The molecule has 0 fully saturated rings. The van der Waals surface area contributed by atoms with E-state index in [4.69, 9.17) is 4.42 Å². The Morgan fingerprint density at radius 1 is 1.18 bits per heavy atom. The van der Waals surface area contributed by atoms with Gasteiger partial charge < -0.3 is 9.73 Å². The van der Waals surface area contributed by atoms with Crippen molar-refractivity contribution in [3.05, 3.63) is 66.7 Å². The van der Waals surface area contributed by atoms with Gasteiger partial charge in [-0.15, -0.1) is 5.10 Å². The van der Waals surface area contributed by atoms with E-state index in [2.05, 4.69) is 25.8 Å². The second kappa shape index (κ2) is 8.05. The molecule has 140 valence electrons. The summed E-state index contributed by atoms with van der Waals surface area (Å²) in [6.07, 6.45) is 1.71. The molecule has 4 rings (SSSR count). The number of anilines is 1. The average Bonchev–Trinajstić information content (AvgIpc) is 3.36. The molecule has 9 heteroatoms. The molecule has 2 aromatic carbocycles. The standard InChI is InChI=1S/C19H16N6O2S/c1-13(26)21-15-8-5-9-16(10-15)25-19(22-23-24-25)28-12-18-20-11-17(27-18)14-6-3-2-4-7-14/h2-11H,12H2,1H3,(H,21,26). The number of hydrogen-bond acceptors (Lipinski definition) is 7. The number of nitrogens with one attached hydrogen (secondary N) is 1. The molecule has 0 spiro atoms. The lowest BCUT2D eigenvalue weighted by atomic mass is 10.2. The minimum atomic E-state index is -0.137. The molecule has 0 bridgehead atoms. The largest absolute Gasteiger partial charge is 0.440 e. The molecule has 0 aliphatic carbocycles. The van der Waals surface area contributed by atoms with E-state index >= 15 is 0 Å². The van der Waals surface area contributed by atoms with Crippen molar-refractivity contribution in [1.82, 2.24) is 25.2 Å². The maximum atomic E-state index is 11.3. The summed E-state index contributed by atoms with van der Waals surface area (Å²) in [6.45, 7) is 1.46. The van der Waals surface area contributed by atoms with Gasteiger partial charge in [-0.3, -0.25) is 4.79 Å². The number of rotatable bonds is 6. The summed E-state index contributed by atoms with van der Waals surface area (Å²) in [5.74, 6) is 1.66. The maximum Gasteiger partial charge on any atom is 0.221 e. The molecular formula is C19H16N6O2S. The lowest BCUT2D eigenvalue weighted by molar-refractivity contribution is -0.114. The fourth-order valence-corrected chi connectivity index (χ4v) is 3.33. The van der Waals surface area contributed by atoms with Crippen LogP contribution in [0.5, 0.6) is 0 Å². The number of benzene rings is 2. The van der Waals surface area contributed by atoms with Crippen LogP contribution in [0.3, 0.4) is 0 Å². The number of thioether (sulfide) groups is 1. The molecule has 1 N–H and O–H groups in total. The van der Waals surface area contributed by atoms with Gasteiger partial charge in [-0.25, -0.2) is 4.98 Å². The minimum Gasteiger partial charge on any atom is -0.440 e.